The van der Waals surface area contributed by atoms with Gasteiger partial charge in [0, 0.05) is 34.2 Å². The van der Waals surface area contributed by atoms with Gasteiger partial charge >= 0.3 is 0 Å². The highest BCUT2D eigenvalue weighted by atomic mass is 32.2. The molecule has 2 aromatic carbocycles. The van der Waals surface area contributed by atoms with Crippen molar-refractivity contribution in [3.05, 3.63) is 65.7 Å². The minimum atomic E-state index is -3.49. The highest BCUT2D eigenvalue weighted by Gasteiger charge is 2.20. The Balaban J connectivity index is 2.01. The zero-order valence-corrected chi connectivity index (χ0v) is 17.1. The van der Waals surface area contributed by atoms with Crippen molar-refractivity contribution < 1.29 is 8.42 Å². The van der Waals surface area contributed by atoms with Gasteiger partial charge in [0.05, 0.1) is 4.90 Å². The molecule has 2 aromatic rings. The van der Waals surface area contributed by atoms with Crippen molar-refractivity contribution in [2.24, 2.45) is 4.99 Å². The van der Waals surface area contributed by atoms with E-state index in [2.05, 4.69) is 34.7 Å². The summed E-state index contributed by atoms with van der Waals surface area (Å²) < 4.78 is 26.2. The summed E-state index contributed by atoms with van der Waals surface area (Å²) in [6, 6.07) is 17.3. The zero-order valence-electron chi connectivity index (χ0n) is 16.3. The van der Waals surface area contributed by atoms with Crippen LogP contribution in [0.1, 0.15) is 24.0 Å². The molecule has 1 unspecified atom stereocenters. The first kappa shape index (κ1) is 20.9. The van der Waals surface area contributed by atoms with E-state index >= 15 is 0 Å². The van der Waals surface area contributed by atoms with Crippen LogP contribution in [0, 0.1) is 0 Å². The Kier molecular flexibility index (Phi) is 7.38. The predicted octanol–water partition coefficient (Wildman–Crippen LogP) is 2.41. The Morgan fingerprint density at radius 3 is 2.30 bits per heavy atom. The molecular weight excluding hydrogens is 360 g/mol. The van der Waals surface area contributed by atoms with Crippen LogP contribution in [0.4, 0.5) is 0 Å². The van der Waals surface area contributed by atoms with Crippen LogP contribution in [0.2, 0.25) is 0 Å². The average Bonchev–Trinajstić information content (AvgIpc) is 2.68. The summed E-state index contributed by atoms with van der Waals surface area (Å²) in [5.41, 5.74) is 1.95. The molecule has 0 aliphatic carbocycles. The Morgan fingerprint density at radius 2 is 1.67 bits per heavy atom. The van der Waals surface area contributed by atoms with Crippen molar-refractivity contribution in [1.82, 2.24) is 14.9 Å². The number of nitrogens with one attached hydrogen (secondary N) is 2. The second-order valence-electron chi connectivity index (χ2n) is 6.51. The van der Waals surface area contributed by atoms with Crippen molar-refractivity contribution >= 4 is 16.0 Å². The Hall–Kier alpha value is -2.38. The Morgan fingerprint density at radius 1 is 1.04 bits per heavy atom. The first-order chi connectivity index (χ1) is 12.9. The van der Waals surface area contributed by atoms with Crippen LogP contribution in [0.25, 0.3) is 0 Å². The molecule has 1 atom stereocenters. The van der Waals surface area contributed by atoms with Crippen LogP contribution in [0.5, 0.6) is 0 Å². The minimum Gasteiger partial charge on any atom is -0.356 e. The molecule has 0 aliphatic rings. The fourth-order valence-electron chi connectivity index (χ4n) is 2.65. The highest BCUT2D eigenvalue weighted by molar-refractivity contribution is 7.89. The van der Waals surface area contributed by atoms with Gasteiger partial charge in [-0.05, 0) is 23.1 Å². The quantitative estimate of drug-likeness (QED) is 0.564. The number of benzene rings is 2. The molecule has 0 spiro atoms. The van der Waals surface area contributed by atoms with Gasteiger partial charge in [0.2, 0.25) is 10.0 Å². The molecule has 146 valence electrons. The molecule has 0 bridgehead atoms. The van der Waals surface area contributed by atoms with Gasteiger partial charge in [-0.1, -0.05) is 55.5 Å². The summed E-state index contributed by atoms with van der Waals surface area (Å²) in [5, 5.41) is 6.50. The van der Waals surface area contributed by atoms with Crippen LogP contribution in [-0.4, -0.2) is 46.4 Å². The third-order valence-electron chi connectivity index (χ3n) is 4.35. The first-order valence-corrected chi connectivity index (χ1v) is 10.3. The number of nitrogens with zero attached hydrogens (tertiary/aromatic N) is 2. The summed E-state index contributed by atoms with van der Waals surface area (Å²) in [6.07, 6.45) is 0. The van der Waals surface area contributed by atoms with Crippen LogP contribution in [0.3, 0.4) is 0 Å². The van der Waals surface area contributed by atoms with Crippen LogP contribution < -0.4 is 10.6 Å². The SMILES string of the molecule is CN=C(NCc1ccccc1S(=O)(=O)N(C)C)NCC(C)c1ccccc1. The van der Waals surface area contributed by atoms with Gasteiger partial charge < -0.3 is 10.6 Å². The lowest BCUT2D eigenvalue weighted by Crippen LogP contribution is -2.39. The fourth-order valence-corrected chi connectivity index (χ4v) is 3.76. The molecule has 0 aromatic heterocycles. The average molecular weight is 389 g/mol. The lowest BCUT2D eigenvalue weighted by atomic mass is 10.0. The van der Waals surface area contributed by atoms with E-state index in [1.807, 2.05) is 30.3 Å². The number of guanidine groups is 1. The maximum Gasteiger partial charge on any atom is 0.242 e. The van der Waals surface area contributed by atoms with Gasteiger partial charge in [0.1, 0.15) is 0 Å². The molecule has 0 fully saturated rings. The van der Waals surface area contributed by atoms with Gasteiger partial charge in [-0.15, -0.1) is 0 Å². The van der Waals surface area contributed by atoms with Crippen LogP contribution >= 0.6 is 0 Å². The molecule has 0 heterocycles. The standard InChI is InChI=1S/C20H28N4O2S/c1-16(17-10-6-5-7-11-17)14-22-20(21-2)23-15-18-12-8-9-13-19(18)27(25,26)24(3)4/h5-13,16H,14-15H2,1-4H3,(H2,21,22,23). The first-order valence-electron chi connectivity index (χ1n) is 8.86. The smallest absolute Gasteiger partial charge is 0.242 e. The van der Waals surface area contributed by atoms with Crippen molar-refractivity contribution in [2.45, 2.75) is 24.3 Å². The molecule has 0 saturated heterocycles. The molecule has 0 radical (unpaired) electrons. The zero-order chi connectivity index (χ0) is 19.9. The molecule has 27 heavy (non-hydrogen) atoms. The molecule has 6 nitrogen and oxygen atoms in total. The highest BCUT2D eigenvalue weighted by Crippen LogP contribution is 2.18. The Bertz CT molecular complexity index is 865. The summed E-state index contributed by atoms with van der Waals surface area (Å²) in [5.74, 6) is 0.959. The van der Waals surface area contributed by atoms with Gasteiger partial charge in [-0.25, -0.2) is 12.7 Å². The molecule has 0 aliphatic heterocycles. The van der Waals surface area contributed by atoms with Crippen LogP contribution in [0.15, 0.2) is 64.5 Å². The second kappa shape index (κ2) is 9.53. The molecule has 2 rings (SSSR count). The number of aliphatic imine (C=N–C) groups is 1. The Labute approximate surface area is 162 Å². The normalized spacial score (nSPS) is 13.4. The fraction of sp³-hybridized carbons (Fsp3) is 0.350. The second-order valence-corrected chi connectivity index (χ2v) is 8.63. The monoisotopic (exact) mass is 388 g/mol. The van der Waals surface area contributed by atoms with E-state index in [9.17, 15) is 8.42 Å². The van der Waals surface area contributed by atoms with E-state index in [0.29, 0.717) is 28.9 Å². The maximum atomic E-state index is 12.5. The summed E-state index contributed by atoms with van der Waals surface area (Å²) >= 11 is 0. The largest absolute Gasteiger partial charge is 0.356 e. The van der Waals surface area contributed by atoms with Gasteiger partial charge in [-0.2, -0.15) is 0 Å². The van der Waals surface area contributed by atoms with Gasteiger partial charge in [0.15, 0.2) is 5.96 Å². The lowest BCUT2D eigenvalue weighted by Gasteiger charge is -2.18. The molecule has 2 N–H and O–H groups in total. The van der Waals surface area contributed by atoms with E-state index in [1.165, 1.54) is 24.0 Å². The predicted molar refractivity (Wildman–Crippen MR) is 110 cm³/mol. The van der Waals surface area contributed by atoms with Crippen molar-refractivity contribution in [3.63, 3.8) is 0 Å². The minimum absolute atomic E-state index is 0.301. The molecule has 0 saturated carbocycles. The van der Waals surface area contributed by atoms with E-state index in [0.717, 1.165) is 6.54 Å². The molecular formula is C20H28N4O2S. The summed E-state index contributed by atoms with van der Waals surface area (Å²) in [4.78, 5) is 4.53. The van der Waals surface area contributed by atoms with E-state index in [1.54, 1.807) is 19.2 Å². The number of hydrogen-bond donors (Lipinski definition) is 2. The number of hydrogen-bond acceptors (Lipinski definition) is 3. The van der Waals surface area contributed by atoms with E-state index < -0.39 is 10.0 Å². The van der Waals surface area contributed by atoms with E-state index in [-0.39, 0.29) is 0 Å². The lowest BCUT2D eigenvalue weighted by molar-refractivity contribution is 0.519. The van der Waals surface area contributed by atoms with Crippen molar-refractivity contribution in [2.75, 3.05) is 27.7 Å². The molecule has 7 heteroatoms. The summed E-state index contributed by atoms with van der Waals surface area (Å²) in [6.45, 7) is 3.23. The maximum absolute atomic E-state index is 12.5. The molecule has 0 amide bonds. The third kappa shape index (κ3) is 5.55. The van der Waals surface area contributed by atoms with Crippen LogP contribution in [-0.2, 0) is 16.6 Å². The van der Waals surface area contributed by atoms with E-state index in [4.69, 9.17) is 0 Å². The number of rotatable bonds is 7. The topological polar surface area (TPSA) is 73.8 Å². The number of sulfonamides is 1. The summed E-state index contributed by atoms with van der Waals surface area (Å²) in [7, 11) is 1.27. The van der Waals surface area contributed by atoms with Crippen molar-refractivity contribution in [1.29, 1.82) is 0 Å². The van der Waals surface area contributed by atoms with Gasteiger partial charge in [0.25, 0.3) is 0 Å². The van der Waals surface area contributed by atoms with Gasteiger partial charge in [-0.3, -0.25) is 4.99 Å². The third-order valence-corrected chi connectivity index (χ3v) is 6.26. The van der Waals surface area contributed by atoms with Crippen molar-refractivity contribution in [3.8, 4) is 0 Å².